The molecule has 8 rings (SSSR count). The number of benzene rings is 1. The quantitative estimate of drug-likeness (QED) is 0.127. The molecular formula is C48H63ClN12. The summed E-state index contributed by atoms with van der Waals surface area (Å²) in [5.74, 6) is 2.97. The van der Waals surface area contributed by atoms with Gasteiger partial charge in [0.05, 0.1) is 29.3 Å². The van der Waals surface area contributed by atoms with Gasteiger partial charge in [-0.25, -0.2) is 9.97 Å². The van der Waals surface area contributed by atoms with Gasteiger partial charge in [-0.15, -0.1) is 0 Å². The number of piperidine rings is 2. The number of allylic oxidation sites excluding steroid dienone is 4. The van der Waals surface area contributed by atoms with Crippen LogP contribution >= 0.6 is 11.6 Å². The summed E-state index contributed by atoms with van der Waals surface area (Å²) in [7, 11) is 3.97. The summed E-state index contributed by atoms with van der Waals surface area (Å²) in [4.78, 5) is 24.3. The van der Waals surface area contributed by atoms with Crippen molar-refractivity contribution in [2.24, 2.45) is 13.0 Å². The average Bonchev–Trinajstić information content (AvgIpc) is 3.56. The molecule has 13 heteroatoms. The number of halogens is 1. The third-order valence-corrected chi connectivity index (χ3v) is 13.5. The number of piperazine rings is 1. The zero-order valence-electron chi connectivity index (χ0n) is 37.0. The molecule has 0 saturated carbocycles. The van der Waals surface area contributed by atoms with E-state index in [1.54, 1.807) is 6.20 Å². The second kappa shape index (κ2) is 17.2. The van der Waals surface area contributed by atoms with Crippen molar-refractivity contribution in [2.75, 3.05) is 66.3 Å². The molecule has 0 aliphatic carbocycles. The third kappa shape index (κ3) is 8.75. The van der Waals surface area contributed by atoms with Crippen LogP contribution in [0, 0.1) is 5.92 Å². The largest absolute Gasteiger partial charge is 0.392 e. The Kier molecular flexibility index (Phi) is 11.9. The van der Waals surface area contributed by atoms with Crippen LogP contribution in [-0.4, -0.2) is 87.5 Å². The summed E-state index contributed by atoms with van der Waals surface area (Å²) in [6.45, 7) is 32.0. The zero-order valence-corrected chi connectivity index (χ0v) is 37.7. The van der Waals surface area contributed by atoms with Crippen molar-refractivity contribution in [1.82, 2.24) is 40.3 Å². The molecule has 4 aromatic rings. The normalized spacial score (nSPS) is 19.9. The SMILES string of the molecule is C=C(CCC1=Cc2cc(Nc3nc(N4CCC(CN5CCN(c6ccc7c(C8CCC(=C)NC8=C)nn(C)c7c6)CC5(C)C)CC4)ncc3Cl)cnc2N(C(C)C)C1=C)NC. The summed E-state index contributed by atoms with van der Waals surface area (Å²) >= 11 is 6.71. The first-order valence-corrected chi connectivity index (χ1v) is 22.3. The molecule has 4 aliphatic rings. The number of pyridine rings is 1. The molecule has 4 aliphatic heterocycles. The Balaban J connectivity index is 0.882. The van der Waals surface area contributed by atoms with E-state index in [4.69, 9.17) is 26.7 Å². The van der Waals surface area contributed by atoms with Crippen LogP contribution in [0.1, 0.15) is 83.4 Å². The Morgan fingerprint density at radius 3 is 2.52 bits per heavy atom. The van der Waals surface area contributed by atoms with Gasteiger partial charge in [-0.05, 0) is 108 Å². The summed E-state index contributed by atoms with van der Waals surface area (Å²) in [5, 5.41) is 16.7. The number of aromatic nitrogens is 5. The van der Waals surface area contributed by atoms with Crippen LogP contribution in [0.25, 0.3) is 17.0 Å². The van der Waals surface area contributed by atoms with Crippen LogP contribution in [0.2, 0.25) is 5.02 Å². The highest BCUT2D eigenvalue weighted by Crippen LogP contribution is 2.40. The molecular weight excluding hydrogens is 780 g/mol. The van der Waals surface area contributed by atoms with Crippen molar-refractivity contribution in [3.05, 3.63) is 108 Å². The maximum absolute atomic E-state index is 6.71. The van der Waals surface area contributed by atoms with Gasteiger partial charge in [0.2, 0.25) is 5.95 Å². The predicted octanol–water partition coefficient (Wildman–Crippen LogP) is 9.11. The van der Waals surface area contributed by atoms with Crippen molar-refractivity contribution in [3.63, 3.8) is 0 Å². The highest BCUT2D eigenvalue weighted by atomic mass is 35.5. The van der Waals surface area contributed by atoms with Gasteiger partial charge >= 0.3 is 0 Å². The molecule has 3 aromatic heterocycles. The second-order valence-electron chi connectivity index (χ2n) is 18.2. The molecule has 322 valence electrons. The average molecular weight is 844 g/mol. The lowest BCUT2D eigenvalue weighted by atomic mass is 9.90. The number of nitrogens with zero attached hydrogens (tertiary/aromatic N) is 9. The van der Waals surface area contributed by atoms with Crippen LogP contribution in [0.5, 0.6) is 0 Å². The molecule has 61 heavy (non-hydrogen) atoms. The summed E-state index contributed by atoms with van der Waals surface area (Å²) in [6.07, 6.45) is 11.5. The summed E-state index contributed by atoms with van der Waals surface area (Å²) in [6, 6.07) is 9.19. The van der Waals surface area contributed by atoms with E-state index >= 15 is 0 Å². The molecule has 3 N–H and O–H groups in total. The molecule has 3 saturated heterocycles. The number of aryl methyl sites for hydroxylation is 1. The van der Waals surface area contributed by atoms with Gasteiger partial charge in [0, 0.05) is 110 Å². The number of anilines is 5. The number of nitrogens with one attached hydrogen (secondary N) is 3. The minimum Gasteiger partial charge on any atom is -0.392 e. The first-order chi connectivity index (χ1) is 29.2. The number of fused-ring (bicyclic) bond motifs is 2. The highest BCUT2D eigenvalue weighted by Gasteiger charge is 2.36. The van der Waals surface area contributed by atoms with Gasteiger partial charge in [-0.2, -0.15) is 10.1 Å². The van der Waals surface area contributed by atoms with E-state index in [0.717, 1.165) is 123 Å². The van der Waals surface area contributed by atoms with Gasteiger partial charge in [0.25, 0.3) is 0 Å². The van der Waals surface area contributed by atoms with E-state index < -0.39 is 0 Å². The lowest BCUT2D eigenvalue weighted by Gasteiger charge is -2.49. The molecule has 1 unspecified atom stereocenters. The third-order valence-electron chi connectivity index (χ3n) is 13.2. The molecule has 12 nitrogen and oxygen atoms in total. The number of rotatable bonds is 12. The Morgan fingerprint density at radius 1 is 1.02 bits per heavy atom. The van der Waals surface area contributed by atoms with Crippen LogP contribution in [0.15, 0.2) is 91.3 Å². The maximum atomic E-state index is 6.71. The summed E-state index contributed by atoms with van der Waals surface area (Å²) < 4.78 is 2.04. The van der Waals surface area contributed by atoms with Crippen molar-refractivity contribution in [3.8, 4) is 0 Å². The van der Waals surface area contributed by atoms with Gasteiger partial charge in [-0.3, -0.25) is 9.58 Å². The second-order valence-corrected chi connectivity index (χ2v) is 18.6. The molecule has 7 heterocycles. The van der Waals surface area contributed by atoms with E-state index in [-0.39, 0.29) is 17.5 Å². The number of hydrogen-bond acceptors (Lipinski definition) is 11. The van der Waals surface area contributed by atoms with E-state index in [1.807, 2.05) is 17.9 Å². The van der Waals surface area contributed by atoms with Gasteiger partial charge in [0.15, 0.2) is 5.82 Å². The molecule has 0 amide bonds. The Hall–Kier alpha value is -5.33. The fourth-order valence-electron chi connectivity index (χ4n) is 9.60. The van der Waals surface area contributed by atoms with E-state index in [1.165, 1.54) is 22.2 Å². The molecule has 0 bridgehead atoms. The van der Waals surface area contributed by atoms with Crippen LogP contribution in [0.3, 0.4) is 0 Å². The van der Waals surface area contributed by atoms with Crippen LogP contribution in [0.4, 0.5) is 29.0 Å². The lowest BCUT2D eigenvalue weighted by molar-refractivity contribution is 0.0794. The topological polar surface area (TPSA) is 106 Å². The predicted molar refractivity (Wildman–Crippen MR) is 254 cm³/mol. The smallest absolute Gasteiger partial charge is 0.227 e. The Labute approximate surface area is 367 Å². The first kappa shape index (κ1) is 42.4. The van der Waals surface area contributed by atoms with Gasteiger partial charge in [-0.1, -0.05) is 37.9 Å². The van der Waals surface area contributed by atoms with Crippen LogP contribution < -0.4 is 30.7 Å². The highest BCUT2D eigenvalue weighted by molar-refractivity contribution is 6.32. The Morgan fingerprint density at radius 2 is 1.80 bits per heavy atom. The van der Waals surface area contributed by atoms with Crippen molar-refractivity contribution in [1.29, 1.82) is 0 Å². The van der Waals surface area contributed by atoms with E-state index in [0.29, 0.717) is 22.7 Å². The van der Waals surface area contributed by atoms with Crippen molar-refractivity contribution >= 4 is 57.5 Å². The van der Waals surface area contributed by atoms with Gasteiger partial charge < -0.3 is 30.7 Å². The van der Waals surface area contributed by atoms with Crippen molar-refractivity contribution in [2.45, 2.75) is 83.7 Å². The first-order valence-electron chi connectivity index (χ1n) is 21.9. The minimum atomic E-state index is 0.0291. The number of hydrogen-bond donors (Lipinski definition) is 3. The van der Waals surface area contributed by atoms with E-state index in [2.05, 4.69) is 132 Å². The fourth-order valence-corrected chi connectivity index (χ4v) is 9.74. The molecule has 3 fully saturated rings. The minimum absolute atomic E-state index is 0.0291. The lowest BCUT2D eigenvalue weighted by Crippen LogP contribution is -2.60. The fraction of sp³-hybridized carbons (Fsp3) is 0.458. The zero-order chi connectivity index (χ0) is 43.2. The monoisotopic (exact) mass is 842 g/mol. The maximum Gasteiger partial charge on any atom is 0.227 e. The van der Waals surface area contributed by atoms with Crippen molar-refractivity contribution < 1.29 is 0 Å². The molecule has 0 spiro atoms. The van der Waals surface area contributed by atoms with Crippen LogP contribution in [-0.2, 0) is 7.05 Å². The Bertz CT molecular complexity index is 2380. The molecule has 0 radical (unpaired) electrons. The molecule has 1 atom stereocenters. The standard InChI is InChI=1S/C48H63ClN12/c1-30(2)61-34(6)36(13-11-31(3)50-9)23-37-24-38(26-51-46(37)61)54-45-42(49)27-52-47(55-45)58-19-17-35(18-20-58)28-60-22-21-59(29-48(60,7)8)39-14-16-41-43(25-39)57(10)56-44(41)40-15-12-32(4)53-33(40)5/h14,16,23-27,30,35,40,50,53H,3-6,11-13,15,17-22,28-29H2,1-2,7-10H3,(H,52,54,55). The molecule has 1 aromatic carbocycles. The van der Waals surface area contributed by atoms with E-state index in [9.17, 15) is 0 Å². The summed E-state index contributed by atoms with van der Waals surface area (Å²) in [5.41, 5.74) is 10.6. The van der Waals surface area contributed by atoms with Gasteiger partial charge in [0.1, 0.15) is 10.8 Å².